The second-order valence-corrected chi connectivity index (χ2v) is 8.66. The number of alkyl halides is 2. The van der Waals surface area contributed by atoms with Gasteiger partial charge in [0.15, 0.2) is 0 Å². The second-order valence-electron chi connectivity index (χ2n) is 5.63. The van der Waals surface area contributed by atoms with E-state index in [0.717, 1.165) is 64.2 Å². The average molecular weight is 478 g/mol. The van der Waals surface area contributed by atoms with E-state index in [0.29, 0.717) is 0 Å². The van der Waals surface area contributed by atoms with E-state index in [-0.39, 0.29) is 19.5 Å². The Bertz CT molecular complexity index is 317. The quantitative estimate of drug-likeness (QED) is 0.448. The zero-order valence-corrected chi connectivity index (χ0v) is 18.3. The molecule has 2 aliphatic rings. The summed E-state index contributed by atoms with van der Waals surface area (Å²) in [6, 6.07) is 0. The smallest absolute Gasteiger partial charge is 0.549 e. The van der Waals surface area contributed by atoms with E-state index in [1.807, 2.05) is 0 Å². The van der Waals surface area contributed by atoms with Crippen molar-refractivity contribution in [1.29, 1.82) is 0 Å². The van der Waals surface area contributed by atoms with Crippen molar-refractivity contribution in [3.8, 4) is 0 Å². The molecular formula is C14H20Br2O4Zn. The standard InChI is InChI=1S/2C7H11BrO2.Zn/c2*8-7(6(9)10)4-2-1-3-5-7;/h2*1-5H2,(H,9,10);/q;;+2/p-2. The van der Waals surface area contributed by atoms with Crippen molar-refractivity contribution >= 4 is 43.8 Å². The fourth-order valence-corrected chi connectivity index (χ4v) is 3.75. The summed E-state index contributed by atoms with van der Waals surface area (Å²) in [7, 11) is 0. The van der Waals surface area contributed by atoms with Gasteiger partial charge in [-0.3, -0.25) is 0 Å². The number of aliphatic carboxylic acids is 2. The largest absolute Gasteiger partial charge is 2.00 e. The molecule has 0 atom stereocenters. The van der Waals surface area contributed by atoms with E-state index in [4.69, 9.17) is 0 Å². The van der Waals surface area contributed by atoms with Crippen LogP contribution < -0.4 is 10.2 Å². The minimum absolute atomic E-state index is 0. The molecule has 0 aromatic rings. The average Bonchev–Trinajstić information content (AvgIpc) is 2.41. The third-order valence-electron chi connectivity index (χ3n) is 4.02. The first-order chi connectivity index (χ1) is 9.30. The van der Waals surface area contributed by atoms with E-state index >= 15 is 0 Å². The molecule has 2 saturated carbocycles. The van der Waals surface area contributed by atoms with E-state index in [2.05, 4.69) is 31.9 Å². The Morgan fingerprint density at radius 3 is 1.05 bits per heavy atom. The van der Waals surface area contributed by atoms with Crippen molar-refractivity contribution in [3.05, 3.63) is 0 Å². The fraction of sp³-hybridized carbons (Fsp3) is 0.857. The summed E-state index contributed by atoms with van der Waals surface area (Å²) >= 11 is 6.40. The van der Waals surface area contributed by atoms with Crippen molar-refractivity contribution in [2.45, 2.75) is 72.9 Å². The van der Waals surface area contributed by atoms with Gasteiger partial charge >= 0.3 is 19.5 Å². The topological polar surface area (TPSA) is 80.3 Å². The van der Waals surface area contributed by atoms with Gasteiger partial charge in [0, 0.05) is 0 Å². The van der Waals surface area contributed by atoms with Crippen LogP contribution in [0.25, 0.3) is 0 Å². The SMILES string of the molecule is O=C([O-])C1(Br)CCCCC1.O=C([O-])C1(Br)CCCCC1.[Zn+2]. The number of carbonyl (C=O) groups excluding carboxylic acids is 2. The number of carboxylic acid groups (broad SMARTS) is 2. The molecule has 7 heteroatoms. The van der Waals surface area contributed by atoms with Crippen LogP contribution >= 0.6 is 31.9 Å². The predicted molar refractivity (Wildman–Crippen MR) is 79.5 cm³/mol. The molecule has 0 aliphatic heterocycles. The van der Waals surface area contributed by atoms with Crippen LogP contribution in [0.2, 0.25) is 0 Å². The van der Waals surface area contributed by atoms with Gasteiger partial charge in [-0.2, -0.15) is 0 Å². The van der Waals surface area contributed by atoms with E-state index in [1.165, 1.54) is 0 Å². The van der Waals surface area contributed by atoms with E-state index in [1.54, 1.807) is 0 Å². The van der Waals surface area contributed by atoms with Crippen molar-refractivity contribution in [3.63, 3.8) is 0 Å². The van der Waals surface area contributed by atoms with Crippen LogP contribution in [-0.2, 0) is 29.1 Å². The summed E-state index contributed by atoms with van der Waals surface area (Å²) in [6.45, 7) is 0. The predicted octanol–water partition coefficient (Wildman–Crippen LogP) is 1.67. The Balaban J connectivity index is 0.000000364. The first-order valence-electron chi connectivity index (χ1n) is 7.11. The number of hydrogen-bond acceptors (Lipinski definition) is 4. The number of hydrogen-bond donors (Lipinski definition) is 0. The summed E-state index contributed by atoms with van der Waals surface area (Å²) in [5.74, 6) is -1.90. The van der Waals surface area contributed by atoms with Gasteiger partial charge < -0.3 is 19.8 Å². The van der Waals surface area contributed by atoms with Gasteiger partial charge in [-0.1, -0.05) is 70.4 Å². The molecular weight excluding hydrogens is 457 g/mol. The maximum absolute atomic E-state index is 10.5. The zero-order chi connectivity index (χ0) is 15.2. The molecule has 0 N–H and O–H groups in total. The van der Waals surface area contributed by atoms with E-state index in [9.17, 15) is 19.8 Å². The molecule has 0 aromatic heterocycles. The monoisotopic (exact) mass is 474 g/mol. The van der Waals surface area contributed by atoms with Crippen LogP contribution in [0.5, 0.6) is 0 Å². The Morgan fingerprint density at radius 1 is 0.667 bits per heavy atom. The molecule has 0 radical (unpaired) electrons. The van der Waals surface area contributed by atoms with Crippen LogP contribution in [0.3, 0.4) is 0 Å². The third-order valence-corrected chi connectivity index (χ3v) is 6.26. The van der Waals surface area contributed by atoms with Crippen molar-refractivity contribution < 1.29 is 39.3 Å². The molecule has 2 aliphatic carbocycles. The van der Waals surface area contributed by atoms with Crippen LogP contribution in [0.1, 0.15) is 64.2 Å². The summed E-state index contributed by atoms with van der Waals surface area (Å²) in [6.07, 6.45) is 9.17. The van der Waals surface area contributed by atoms with Gasteiger partial charge in [0.25, 0.3) is 0 Å². The Labute approximate surface area is 155 Å². The van der Waals surface area contributed by atoms with Crippen molar-refractivity contribution in [1.82, 2.24) is 0 Å². The molecule has 2 rings (SSSR count). The summed E-state index contributed by atoms with van der Waals surface area (Å²) < 4.78 is -1.41. The fourth-order valence-electron chi connectivity index (χ4n) is 2.63. The van der Waals surface area contributed by atoms with Crippen molar-refractivity contribution in [2.24, 2.45) is 0 Å². The molecule has 21 heavy (non-hydrogen) atoms. The molecule has 0 aromatic carbocycles. The molecule has 116 valence electrons. The summed E-state index contributed by atoms with van der Waals surface area (Å²) in [4.78, 5) is 21.0. The number of carboxylic acids is 2. The molecule has 0 spiro atoms. The molecule has 4 nitrogen and oxygen atoms in total. The van der Waals surface area contributed by atoms with Crippen molar-refractivity contribution in [2.75, 3.05) is 0 Å². The van der Waals surface area contributed by atoms with Crippen LogP contribution in [0, 0.1) is 0 Å². The molecule has 0 bridgehead atoms. The first kappa shape index (κ1) is 21.5. The van der Waals surface area contributed by atoms with Gasteiger partial charge in [0.1, 0.15) is 0 Å². The maximum Gasteiger partial charge on any atom is 2.00 e. The maximum atomic E-state index is 10.5. The molecule has 2 fully saturated rings. The Morgan fingerprint density at radius 2 is 0.905 bits per heavy atom. The minimum Gasteiger partial charge on any atom is -0.549 e. The first-order valence-corrected chi connectivity index (χ1v) is 8.69. The second kappa shape index (κ2) is 9.62. The number of halogens is 2. The van der Waals surface area contributed by atoms with E-state index < -0.39 is 20.6 Å². The van der Waals surface area contributed by atoms with Gasteiger partial charge in [-0.25, -0.2) is 0 Å². The van der Waals surface area contributed by atoms with Gasteiger partial charge in [-0.05, 0) is 25.7 Å². The van der Waals surface area contributed by atoms with Crippen LogP contribution in [0.15, 0.2) is 0 Å². The zero-order valence-electron chi connectivity index (χ0n) is 12.2. The Hall–Kier alpha value is 0.523. The normalized spacial score (nSPS) is 23.0. The molecule has 0 saturated heterocycles. The molecule has 0 heterocycles. The Kier molecular flexibility index (Phi) is 9.85. The van der Waals surface area contributed by atoms with Gasteiger partial charge in [0.05, 0.1) is 20.6 Å². The van der Waals surface area contributed by atoms with Gasteiger partial charge in [0.2, 0.25) is 0 Å². The molecule has 0 unspecified atom stereocenters. The third kappa shape index (κ3) is 6.66. The minimum atomic E-state index is -0.952. The number of rotatable bonds is 2. The van der Waals surface area contributed by atoms with Gasteiger partial charge in [-0.15, -0.1) is 0 Å². The summed E-state index contributed by atoms with van der Waals surface area (Å²) in [5, 5.41) is 21.0. The summed E-state index contributed by atoms with van der Waals surface area (Å²) in [5.41, 5.74) is 0. The molecule has 0 amide bonds. The van der Waals surface area contributed by atoms with Crippen LogP contribution in [-0.4, -0.2) is 20.6 Å². The van der Waals surface area contributed by atoms with Crippen LogP contribution in [0.4, 0.5) is 0 Å². The number of carbonyl (C=O) groups is 2.